The lowest BCUT2D eigenvalue weighted by Gasteiger charge is -2.34. The topological polar surface area (TPSA) is 71.1 Å². The first-order valence-electron chi connectivity index (χ1n) is 6.60. The van der Waals surface area contributed by atoms with Gasteiger partial charge in [0.25, 0.3) is 5.91 Å². The van der Waals surface area contributed by atoms with E-state index in [1.54, 1.807) is 0 Å². The van der Waals surface area contributed by atoms with E-state index in [4.69, 9.17) is 4.74 Å². The molecule has 0 aromatic carbocycles. The van der Waals surface area contributed by atoms with Gasteiger partial charge in [-0.25, -0.2) is 4.98 Å². The van der Waals surface area contributed by atoms with Crippen LogP contribution in [0.3, 0.4) is 0 Å². The number of rotatable bonds is 3. The molecule has 18 heavy (non-hydrogen) atoms. The van der Waals surface area contributed by atoms with Gasteiger partial charge in [0.05, 0.1) is 19.3 Å². The fourth-order valence-electron chi connectivity index (χ4n) is 2.30. The van der Waals surface area contributed by atoms with E-state index in [0.29, 0.717) is 31.5 Å². The molecule has 1 atom stereocenters. The third kappa shape index (κ3) is 2.12. The van der Waals surface area contributed by atoms with E-state index in [0.717, 1.165) is 25.1 Å². The molecule has 6 heteroatoms. The van der Waals surface area contributed by atoms with E-state index in [9.17, 15) is 4.79 Å². The Balaban J connectivity index is 1.74. The van der Waals surface area contributed by atoms with E-state index >= 15 is 0 Å². The standard InChI is InChI=1S/C12H18N4O2/c1-2-9-7-18-6-5-16(9)12(17)11-13-10(14-15-11)8-3-4-8/h8-9H,2-7H2,1H3,(H,13,14,15). The number of carbonyl (C=O) groups is 1. The Labute approximate surface area is 106 Å². The Bertz CT molecular complexity index is 441. The number of H-pyrrole nitrogens is 1. The summed E-state index contributed by atoms with van der Waals surface area (Å²) in [6.45, 7) is 3.90. The van der Waals surface area contributed by atoms with Gasteiger partial charge in [-0.1, -0.05) is 6.92 Å². The Morgan fingerprint density at radius 2 is 2.39 bits per heavy atom. The highest BCUT2D eigenvalue weighted by atomic mass is 16.5. The fraction of sp³-hybridized carbons (Fsp3) is 0.750. The van der Waals surface area contributed by atoms with Gasteiger partial charge < -0.3 is 9.64 Å². The lowest BCUT2D eigenvalue weighted by atomic mass is 10.1. The zero-order valence-electron chi connectivity index (χ0n) is 10.6. The number of amides is 1. The van der Waals surface area contributed by atoms with Crippen LogP contribution in [0.2, 0.25) is 0 Å². The van der Waals surface area contributed by atoms with Crippen molar-refractivity contribution in [2.45, 2.75) is 38.1 Å². The van der Waals surface area contributed by atoms with Crippen molar-refractivity contribution in [3.05, 3.63) is 11.6 Å². The van der Waals surface area contributed by atoms with Crippen LogP contribution in [-0.2, 0) is 4.74 Å². The van der Waals surface area contributed by atoms with Gasteiger partial charge >= 0.3 is 0 Å². The highest BCUT2D eigenvalue weighted by molar-refractivity contribution is 5.90. The summed E-state index contributed by atoms with van der Waals surface area (Å²) in [4.78, 5) is 18.5. The Morgan fingerprint density at radius 3 is 3.11 bits per heavy atom. The van der Waals surface area contributed by atoms with Crippen molar-refractivity contribution in [1.82, 2.24) is 20.1 Å². The van der Waals surface area contributed by atoms with E-state index in [1.807, 2.05) is 4.90 Å². The Kier molecular flexibility index (Phi) is 3.03. The molecule has 1 aromatic rings. The summed E-state index contributed by atoms with van der Waals surface area (Å²) in [6.07, 6.45) is 3.20. The maximum Gasteiger partial charge on any atom is 0.293 e. The molecular weight excluding hydrogens is 232 g/mol. The lowest BCUT2D eigenvalue weighted by molar-refractivity contribution is -0.00341. The van der Waals surface area contributed by atoms with Gasteiger partial charge in [0, 0.05) is 12.5 Å². The van der Waals surface area contributed by atoms with Crippen molar-refractivity contribution >= 4 is 5.91 Å². The van der Waals surface area contributed by atoms with E-state index in [2.05, 4.69) is 22.1 Å². The molecule has 1 amide bonds. The molecule has 98 valence electrons. The molecule has 1 saturated heterocycles. The molecule has 0 spiro atoms. The van der Waals surface area contributed by atoms with Crippen molar-refractivity contribution in [1.29, 1.82) is 0 Å². The number of aromatic nitrogens is 3. The highest BCUT2D eigenvalue weighted by Crippen LogP contribution is 2.37. The second-order valence-electron chi connectivity index (χ2n) is 4.95. The van der Waals surface area contributed by atoms with Crippen LogP contribution in [-0.4, -0.2) is 51.8 Å². The molecule has 2 fully saturated rings. The van der Waals surface area contributed by atoms with Crippen LogP contribution in [0.5, 0.6) is 0 Å². The van der Waals surface area contributed by atoms with Crippen molar-refractivity contribution < 1.29 is 9.53 Å². The maximum atomic E-state index is 12.4. The summed E-state index contributed by atoms with van der Waals surface area (Å²) in [5.41, 5.74) is 0. The molecule has 1 unspecified atom stereocenters. The van der Waals surface area contributed by atoms with Gasteiger partial charge in [0.1, 0.15) is 5.82 Å². The van der Waals surface area contributed by atoms with Crippen LogP contribution in [0.1, 0.15) is 48.5 Å². The number of morpholine rings is 1. The second-order valence-corrected chi connectivity index (χ2v) is 4.95. The van der Waals surface area contributed by atoms with Gasteiger partial charge in [0.2, 0.25) is 5.82 Å². The predicted octanol–water partition coefficient (Wildman–Crippen LogP) is 0.933. The molecule has 6 nitrogen and oxygen atoms in total. The SMILES string of the molecule is CCC1COCCN1C(=O)c1n[nH]c(C2CC2)n1. The fourth-order valence-corrected chi connectivity index (χ4v) is 2.30. The molecule has 2 aliphatic rings. The summed E-state index contributed by atoms with van der Waals surface area (Å²) in [6, 6.07) is 0.147. The van der Waals surface area contributed by atoms with E-state index < -0.39 is 0 Å². The maximum absolute atomic E-state index is 12.4. The van der Waals surface area contributed by atoms with Crippen molar-refractivity contribution in [3.63, 3.8) is 0 Å². The van der Waals surface area contributed by atoms with Crippen LogP contribution >= 0.6 is 0 Å². The molecule has 3 rings (SSSR count). The molecule has 1 aliphatic carbocycles. The molecule has 0 radical (unpaired) electrons. The largest absolute Gasteiger partial charge is 0.377 e. The molecule has 1 aliphatic heterocycles. The van der Waals surface area contributed by atoms with Gasteiger partial charge in [-0.2, -0.15) is 0 Å². The van der Waals surface area contributed by atoms with Crippen molar-refractivity contribution in [3.8, 4) is 0 Å². The summed E-state index contributed by atoms with van der Waals surface area (Å²) in [5.74, 6) is 1.58. The van der Waals surface area contributed by atoms with Crippen LogP contribution < -0.4 is 0 Å². The summed E-state index contributed by atoms with van der Waals surface area (Å²) >= 11 is 0. The smallest absolute Gasteiger partial charge is 0.293 e. The zero-order valence-corrected chi connectivity index (χ0v) is 10.6. The van der Waals surface area contributed by atoms with E-state index in [-0.39, 0.29) is 11.9 Å². The number of aromatic amines is 1. The van der Waals surface area contributed by atoms with Gasteiger partial charge in [-0.05, 0) is 19.3 Å². The molecule has 0 bridgehead atoms. The average molecular weight is 250 g/mol. The van der Waals surface area contributed by atoms with E-state index in [1.165, 1.54) is 0 Å². The number of nitrogens with one attached hydrogen (secondary N) is 1. The lowest BCUT2D eigenvalue weighted by Crippen LogP contribution is -2.48. The van der Waals surface area contributed by atoms with Crippen molar-refractivity contribution in [2.24, 2.45) is 0 Å². The average Bonchev–Trinajstić information content (AvgIpc) is 3.16. The minimum Gasteiger partial charge on any atom is -0.377 e. The molecular formula is C12H18N4O2. The van der Waals surface area contributed by atoms with Gasteiger partial charge in [-0.3, -0.25) is 9.89 Å². The summed E-state index contributed by atoms with van der Waals surface area (Å²) < 4.78 is 5.40. The van der Waals surface area contributed by atoms with Crippen LogP contribution in [0.15, 0.2) is 0 Å². The molecule has 1 saturated carbocycles. The number of hydrogen-bond acceptors (Lipinski definition) is 4. The third-order valence-corrected chi connectivity index (χ3v) is 3.62. The number of carbonyl (C=O) groups excluding carboxylic acids is 1. The van der Waals surface area contributed by atoms with Crippen LogP contribution in [0, 0.1) is 0 Å². The summed E-state index contributed by atoms with van der Waals surface area (Å²) in [7, 11) is 0. The first kappa shape index (κ1) is 11.6. The minimum atomic E-state index is -0.0756. The van der Waals surface area contributed by atoms with Crippen LogP contribution in [0.25, 0.3) is 0 Å². The first-order chi connectivity index (χ1) is 8.79. The monoisotopic (exact) mass is 250 g/mol. The molecule has 1 N–H and O–H groups in total. The highest BCUT2D eigenvalue weighted by Gasteiger charge is 2.32. The second kappa shape index (κ2) is 4.68. The number of hydrogen-bond donors (Lipinski definition) is 1. The molecule has 1 aromatic heterocycles. The Morgan fingerprint density at radius 1 is 1.56 bits per heavy atom. The van der Waals surface area contributed by atoms with Gasteiger partial charge in [0.15, 0.2) is 0 Å². The van der Waals surface area contributed by atoms with Gasteiger partial charge in [-0.15, -0.1) is 5.10 Å². The minimum absolute atomic E-state index is 0.0756. The quantitative estimate of drug-likeness (QED) is 0.866. The number of nitrogens with zero attached hydrogens (tertiary/aromatic N) is 3. The summed E-state index contributed by atoms with van der Waals surface area (Å²) in [5, 5.41) is 6.93. The third-order valence-electron chi connectivity index (χ3n) is 3.62. The zero-order chi connectivity index (χ0) is 12.5. The van der Waals surface area contributed by atoms with Crippen LogP contribution in [0.4, 0.5) is 0 Å². The Hall–Kier alpha value is -1.43. The predicted molar refractivity (Wildman–Crippen MR) is 64.3 cm³/mol. The first-order valence-corrected chi connectivity index (χ1v) is 6.60. The number of ether oxygens (including phenoxy) is 1. The molecule has 2 heterocycles. The normalized spacial score (nSPS) is 24.3. The van der Waals surface area contributed by atoms with Crippen molar-refractivity contribution in [2.75, 3.05) is 19.8 Å².